The van der Waals surface area contributed by atoms with Gasteiger partial charge in [0, 0.05) is 32.4 Å². The molecule has 1 aliphatic heterocycles. The van der Waals surface area contributed by atoms with Crippen LogP contribution in [-0.4, -0.2) is 32.4 Å². The number of aromatic nitrogens is 4. The van der Waals surface area contributed by atoms with Crippen molar-refractivity contribution < 1.29 is 0 Å². The number of nitrogens with zero attached hydrogens (tertiary/aromatic N) is 6. The third-order valence-electron chi connectivity index (χ3n) is 6.22. The van der Waals surface area contributed by atoms with E-state index in [1.807, 2.05) is 4.68 Å². The average Bonchev–Trinajstić information content (AvgIpc) is 3.05. The lowest BCUT2D eigenvalue weighted by molar-refractivity contribution is 0.153. The van der Waals surface area contributed by atoms with E-state index in [1.54, 1.807) is 0 Å². The number of aryl methyl sites for hydroxylation is 1. The van der Waals surface area contributed by atoms with Crippen molar-refractivity contribution >= 4 is 0 Å². The molecule has 1 N–H and O–H groups in total. The maximum Gasteiger partial charge on any atom is 0.193 e. The van der Waals surface area contributed by atoms with Crippen LogP contribution in [0.1, 0.15) is 64.1 Å². The van der Waals surface area contributed by atoms with E-state index in [0.717, 1.165) is 62.9 Å². The molecule has 0 saturated heterocycles. The van der Waals surface area contributed by atoms with E-state index in [2.05, 4.69) is 43.9 Å². The Morgan fingerprint density at radius 2 is 2.00 bits per heavy atom. The lowest BCUT2D eigenvalue weighted by Crippen LogP contribution is -2.49. The fourth-order valence-corrected chi connectivity index (χ4v) is 4.95. The second-order valence-electron chi connectivity index (χ2n) is 7.92. The molecule has 2 aliphatic carbocycles. The molecule has 25 heavy (non-hydrogen) atoms. The standard InChI is InChI=1S/C18H27N7/c1-3-5-8-18(21-22-18)9-10-19-17(16-20-23-24-25(16)4-2)12-14-6-7-15(11-14)13-17/h1,14-15,19H,4-13H2,2H3. The number of terminal acetylenes is 1. The fraction of sp³-hybridized carbons (Fsp3) is 0.833. The van der Waals surface area contributed by atoms with Gasteiger partial charge in [-0.25, -0.2) is 4.68 Å². The fourth-order valence-electron chi connectivity index (χ4n) is 4.95. The Balaban J connectivity index is 1.48. The van der Waals surface area contributed by atoms with Crippen LogP contribution in [0.4, 0.5) is 0 Å². The summed E-state index contributed by atoms with van der Waals surface area (Å²) in [6, 6.07) is 0. The second kappa shape index (κ2) is 6.49. The van der Waals surface area contributed by atoms with E-state index in [9.17, 15) is 0 Å². The zero-order valence-electron chi connectivity index (χ0n) is 15.0. The highest BCUT2D eigenvalue weighted by Crippen LogP contribution is 2.50. The number of fused-ring (bicyclic) bond motifs is 2. The van der Waals surface area contributed by atoms with E-state index in [0.29, 0.717) is 0 Å². The number of rotatable bonds is 8. The van der Waals surface area contributed by atoms with Crippen LogP contribution in [-0.2, 0) is 12.1 Å². The lowest BCUT2D eigenvalue weighted by atomic mass is 9.74. The predicted octanol–water partition coefficient (Wildman–Crippen LogP) is 2.65. The van der Waals surface area contributed by atoms with Gasteiger partial charge in [0.25, 0.3) is 0 Å². The summed E-state index contributed by atoms with van der Waals surface area (Å²) in [5.41, 5.74) is -0.337. The van der Waals surface area contributed by atoms with Gasteiger partial charge in [-0.1, -0.05) is 12.8 Å². The Hall–Kier alpha value is -1.81. The summed E-state index contributed by atoms with van der Waals surface area (Å²) in [5.74, 6) is 5.29. The molecule has 0 spiro atoms. The molecule has 1 aromatic heterocycles. The molecule has 2 atom stereocenters. The third kappa shape index (κ3) is 3.20. The van der Waals surface area contributed by atoms with Gasteiger partial charge >= 0.3 is 0 Å². The van der Waals surface area contributed by atoms with Crippen LogP contribution in [0.3, 0.4) is 0 Å². The summed E-state index contributed by atoms with van der Waals surface area (Å²) >= 11 is 0. The molecule has 7 nitrogen and oxygen atoms in total. The average molecular weight is 341 g/mol. The van der Waals surface area contributed by atoms with Crippen LogP contribution in [0.25, 0.3) is 0 Å². The van der Waals surface area contributed by atoms with Gasteiger partial charge in [0.05, 0.1) is 5.54 Å². The largest absolute Gasteiger partial charge is 0.305 e. The van der Waals surface area contributed by atoms with E-state index in [-0.39, 0.29) is 11.2 Å². The molecule has 2 fully saturated rings. The zero-order chi connectivity index (χ0) is 17.3. The first kappa shape index (κ1) is 16.6. The zero-order valence-corrected chi connectivity index (χ0v) is 15.0. The monoisotopic (exact) mass is 341 g/mol. The first-order valence-electron chi connectivity index (χ1n) is 9.58. The first-order valence-corrected chi connectivity index (χ1v) is 9.58. The minimum absolute atomic E-state index is 0.105. The number of hydrogen-bond donors (Lipinski definition) is 1. The SMILES string of the molecule is C#CCCC1(CCNC2(c3nnnn3CC)CC3CCC(C3)C2)N=N1. The Morgan fingerprint density at radius 3 is 2.64 bits per heavy atom. The van der Waals surface area contributed by atoms with Crippen LogP contribution < -0.4 is 5.32 Å². The van der Waals surface area contributed by atoms with Crippen LogP contribution in [0.5, 0.6) is 0 Å². The van der Waals surface area contributed by atoms with Gasteiger partial charge < -0.3 is 5.32 Å². The molecule has 2 bridgehead atoms. The molecule has 0 amide bonds. The minimum Gasteiger partial charge on any atom is -0.305 e. The van der Waals surface area contributed by atoms with E-state index >= 15 is 0 Å². The molecular formula is C18H27N7. The smallest absolute Gasteiger partial charge is 0.193 e. The summed E-state index contributed by atoms with van der Waals surface area (Å²) in [6.07, 6.45) is 14.2. The van der Waals surface area contributed by atoms with Crippen LogP contribution in [0, 0.1) is 24.2 Å². The maximum absolute atomic E-state index is 5.39. The molecule has 2 saturated carbocycles. The normalized spacial score (nSPS) is 31.8. The van der Waals surface area contributed by atoms with Crippen molar-refractivity contribution in [2.24, 2.45) is 22.1 Å². The van der Waals surface area contributed by atoms with Crippen molar-refractivity contribution in [2.75, 3.05) is 6.54 Å². The Bertz CT molecular complexity index is 668. The highest BCUT2D eigenvalue weighted by molar-refractivity contribution is 5.11. The quantitative estimate of drug-likeness (QED) is 0.737. The molecule has 1 aromatic rings. The van der Waals surface area contributed by atoms with E-state index in [4.69, 9.17) is 6.42 Å². The van der Waals surface area contributed by atoms with Gasteiger partial charge in [-0.2, -0.15) is 10.2 Å². The Labute approximate surface area is 149 Å². The summed E-state index contributed by atoms with van der Waals surface area (Å²) in [6.45, 7) is 3.77. The second-order valence-corrected chi connectivity index (χ2v) is 7.92. The summed E-state index contributed by atoms with van der Waals surface area (Å²) < 4.78 is 1.96. The van der Waals surface area contributed by atoms with Gasteiger partial charge in [0.15, 0.2) is 11.5 Å². The molecular weight excluding hydrogens is 314 g/mol. The molecule has 2 heterocycles. The van der Waals surface area contributed by atoms with Crippen LogP contribution >= 0.6 is 0 Å². The molecule has 7 heteroatoms. The molecule has 0 radical (unpaired) electrons. The van der Waals surface area contributed by atoms with Crippen molar-refractivity contribution in [3.05, 3.63) is 5.82 Å². The minimum atomic E-state index is -0.231. The Kier molecular flexibility index (Phi) is 4.32. The number of nitrogens with one attached hydrogen (secondary N) is 1. The predicted molar refractivity (Wildman–Crippen MR) is 93.5 cm³/mol. The van der Waals surface area contributed by atoms with Crippen molar-refractivity contribution in [3.63, 3.8) is 0 Å². The Morgan fingerprint density at radius 1 is 1.24 bits per heavy atom. The lowest BCUT2D eigenvalue weighted by Gasteiger charge is -2.40. The molecule has 0 aromatic carbocycles. The first-order chi connectivity index (χ1) is 12.2. The van der Waals surface area contributed by atoms with Crippen molar-refractivity contribution in [1.29, 1.82) is 0 Å². The maximum atomic E-state index is 5.39. The number of hydrogen-bond acceptors (Lipinski definition) is 6. The molecule has 134 valence electrons. The highest BCUT2D eigenvalue weighted by atomic mass is 15.5. The summed E-state index contributed by atoms with van der Waals surface area (Å²) in [7, 11) is 0. The molecule has 2 unspecified atom stereocenters. The van der Waals surface area contributed by atoms with Crippen molar-refractivity contribution in [3.8, 4) is 12.3 Å². The van der Waals surface area contributed by atoms with Crippen molar-refractivity contribution in [1.82, 2.24) is 25.5 Å². The van der Waals surface area contributed by atoms with Crippen LogP contribution in [0.2, 0.25) is 0 Å². The number of tetrazole rings is 1. The topological polar surface area (TPSA) is 80.4 Å². The summed E-state index contributed by atoms with van der Waals surface area (Å²) in [5, 5.41) is 24.9. The van der Waals surface area contributed by atoms with Gasteiger partial charge in [0.2, 0.25) is 0 Å². The van der Waals surface area contributed by atoms with Crippen LogP contribution in [0.15, 0.2) is 10.2 Å². The third-order valence-corrected chi connectivity index (χ3v) is 6.22. The van der Waals surface area contributed by atoms with Gasteiger partial charge in [0.1, 0.15) is 0 Å². The molecule has 4 rings (SSSR count). The van der Waals surface area contributed by atoms with Gasteiger partial charge in [-0.3, -0.25) is 0 Å². The highest BCUT2D eigenvalue weighted by Gasteiger charge is 2.48. The van der Waals surface area contributed by atoms with Crippen molar-refractivity contribution in [2.45, 2.75) is 76.0 Å². The summed E-state index contributed by atoms with van der Waals surface area (Å²) in [4.78, 5) is 0. The van der Waals surface area contributed by atoms with Gasteiger partial charge in [-0.05, 0) is 48.4 Å². The molecule has 3 aliphatic rings. The van der Waals surface area contributed by atoms with Gasteiger partial charge in [-0.15, -0.1) is 17.4 Å². The van der Waals surface area contributed by atoms with E-state index < -0.39 is 0 Å². The van der Waals surface area contributed by atoms with E-state index in [1.165, 1.54) is 19.3 Å².